The molecule has 0 aliphatic rings. The Hall–Kier alpha value is -3.07. The van der Waals surface area contributed by atoms with Gasteiger partial charge in [-0.2, -0.15) is 4.68 Å². The fourth-order valence-electron chi connectivity index (χ4n) is 2.50. The molecule has 0 N–H and O–H groups in total. The summed E-state index contributed by atoms with van der Waals surface area (Å²) in [7, 11) is 3.13. The van der Waals surface area contributed by atoms with E-state index in [1.807, 2.05) is 13.0 Å². The van der Waals surface area contributed by atoms with E-state index in [1.54, 1.807) is 55.3 Å². The van der Waals surface area contributed by atoms with Gasteiger partial charge in [-0.25, -0.2) is 0 Å². The molecule has 0 amide bonds. The number of thioether (sulfide) groups is 1. The van der Waals surface area contributed by atoms with Crippen LogP contribution in [0.5, 0.6) is 17.2 Å². The molecule has 0 radical (unpaired) electrons. The van der Waals surface area contributed by atoms with Gasteiger partial charge < -0.3 is 14.2 Å². The van der Waals surface area contributed by atoms with Crippen LogP contribution in [-0.2, 0) is 0 Å². The molecule has 0 spiro atoms. The molecule has 3 rings (SSSR count). The number of hydrogen-bond acceptors (Lipinski definition) is 8. The molecular weight excluding hydrogens is 380 g/mol. The molecule has 1 heterocycles. The zero-order valence-corrected chi connectivity index (χ0v) is 16.6. The Morgan fingerprint density at radius 3 is 2.50 bits per heavy atom. The fourth-order valence-corrected chi connectivity index (χ4v) is 3.29. The number of aromatic nitrogens is 4. The third-order valence-corrected chi connectivity index (χ3v) is 4.79. The number of rotatable bonds is 9. The highest BCUT2D eigenvalue weighted by atomic mass is 32.2. The summed E-state index contributed by atoms with van der Waals surface area (Å²) in [5.41, 5.74) is 1.32. The fraction of sp³-hybridized carbons (Fsp3) is 0.263. The molecule has 9 heteroatoms. The van der Waals surface area contributed by atoms with Crippen LogP contribution in [0.2, 0.25) is 0 Å². The summed E-state index contributed by atoms with van der Waals surface area (Å²) in [6.45, 7) is 2.50. The van der Waals surface area contributed by atoms with Crippen LogP contribution in [-0.4, -0.2) is 52.6 Å². The van der Waals surface area contributed by atoms with Crippen LogP contribution < -0.4 is 14.2 Å². The van der Waals surface area contributed by atoms with Crippen LogP contribution in [0.3, 0.4) is 0 Å². The predicted octanol–water partition coefficient (Wildman–Crippen LogP) is 3.05. The molecule has 146 valence electrons. The summed E-state index contributed by atoms with van der Waals surface area (Å²) >= 11 is 1.26. The highest BCUT2D eigenvalue weighted by Crippen LogP contribution is 2.30. The number of carbonyl (C=O) groups is 1. The van der Waals surface area contributed by atoms with Crippen molar-refractivity contribution >= 4 is 17.5 Å². The molecule has 3 aromatic rings. The van der Waals surface area contributed by atoms with Crippen LogP contribution in [0.4, 0.5) is 0 Å². The first-order chi connectivity index (χ1) is 13.7. The molecule has 0 aliphatic carbocycles. The Kier molecular flexibility index (Phi) is 6.49. The summed E-state index contributed by atoms with van der Waals surface area (Å²) in [5.74, 6) is 2.11. The Balaban J connectivity index is 1.71. The maximum atomic E-state index is 12.5. The largest absolute Gasteiger partial charge is 0.494 e. The molecule has 0 saturated carbocycles. The van der Waals surface area contributed by atoms with Crippen molar-refractivity contribution in [3.63, 3.8) is 0 Å². The number of nitrogens with zero attached hydrogens (tertiary/aromatic N) is 4. The minimum Gasteiger partial charge on any atom is -0.494 e. The summed E-state index contributed by atoms with van der Waals surface area (Å²) in [6.07, 6.45) is 0. The van der Waals surface area contributed by atoms with Gasteiger partial charge in [-0.05, 0) is 53.7 Å². The standard InChI is InChI=1S/C19H20N4O4S/c1-4-27-15-8-5-13(6-9-15)16(24)12-28-19-20-21-22-23(19)14-7-10-17(25-2)18(11-14)26-3/h5-11H,4,12H2,1-3H3. The van der Waals surface area contributed by atoms with E-state index in [-0.39, 0.29) is 11.5 Å². The number of methoxy groups -OCH3 is 2. The van der Waals surface area contributed by atoms with E-state index in [2.05, 4.69) is 15.5 Å². The highest BCUT2D eigenvalue weighted by molar-refractivity contribution is 7.99. The quantitative estimate of drug-likeness (QED) is 0.400. The van der Waals surface area contributed by atoms with Crippen molar-refractivity contribution in [2.24, 2.45) is 0 Å². The molecule has 0 aliphatic heterocycles. The van der Waals surface area contributed by atoms with E-state index in [0.717, 1.165) is 5.75 Å². The Labute approximate surface area is 166 Å². The lowest BCUT2D eigenvalue weighted by Crippen LogP contribution is -2.05. The van der Waals surface area contributed by atoms with Gasteiger partial charge in [0.05, 0.1) is 32.3 Å². The Morgan fingerprint density at radius 2 is 1.82 bits per heavy atom. The second kappa shape index (κ2) is 9.23. The number of benzene rings is 2. The normalized spacial score (nSPS) is 10.5. The van der Waals surface area contributed by atoms with E-state index in [9.17, 15) is 4.79 Å². The summed E-state index contributed by atoms with van der Waals surface area (Å²) in [6, 6.07) is 12.4. The number of tetrazole rings is 1. The van der Waals surface area contributed by atoms with Gasteiger partial charge in [0.1, 0.15) is 5.75 Å². The topological polar surface area (TPSA) is 88.4 Å². The van der Waals surface area contributed by atoms with Gasteiger partial charge in [0, 0.05) is 11.6 Å². The maximum Gasteiger partial charge on any atom is 0.214 e. The summed E-state index contributed by atoms with van der Waals surface area (Å²) in [5, 5.41) is 12.3. The number of ketones is 1. The number of hydrogen-bond donors (Lipinski definition) is 0. The molecule has 2 aromatic carbocycles. The third-order valence-electron chi connectivity index (χ3n) is 3.87. The minimum absolute atomic E-state index is 0.0186. The molecule has 0 saturated heterocycles. The van der Waals surface area contributed by atoms with E-state index < -0.39 is 0 Å². The van der Waals surface area contributed by atoms with Gasteiger partial charge in [-0.3, -0.25) is 4.79 Å². The maximum absolute atomic E-state index is 12.5. The second-order valence-electron chi connectivity index (χ2n) is 5.58. The zero-order chi connectivity index (χ0) is 19.9. The monoisotopic (exact) mass is 400 g/mol. The first-order valence-electron chi connectivity index (χ1n) is 8.56. The first-order valence-corrected chi connectivity index (χ1v) is 9.54. The van der Waals surface area contributed by atoms with Crippen molar-refractivity contribution < 1.29 is 19.0 Å². The molecule has 28 heavy (non-hydrogen) atoms. The van der Waals surface area contributed by atoms with Crippen molar-refractivity contribution in [1.82, 2.24) is 20.2 Å². The molecule has 0 fully saturated rings. The molecule has 8 nitrogen and oxygen atoms in total. The lowest BCUT2D eigenvalue weighted by Gasteiger charge is -2.10. The number of Topliss-reactive ketones (excluding diaryl/α,β-unsaturated/α-hetero) is 1. The lowest BCUT2D eigenvalue weighted by atomic mass is 10.1. The molecule has 0 bridgehead atoms. The van der Waals surface area contributed by atoms with Crippen LogP contribution in [0.1, 0.15) is 17.3 Å². The number of carbonyl (C=O) groups excluding carboxylic acids is 1. The predicted molar refractivity (Wildman–Crippen MR) is 105 cm³/mol. The minimum atomic E-state index is -0.0186. The van der Waals surface area contributed by atoms with Gasteiger partial charge in [-0.15, -0.1) is 5.10 Å². The van der Waals surface area contributed by atoms with E-state index >= 15 is 0 Å². The third kappa shape index (κ3) is 4.42. The highest BCUT2D eigenvalue weighted by Gasteiger charge is 2.15. The number of ether oxygens (including phenoxy) is 3. The first kappa shape index (κ1) is 19.7. The molecule has 0 unspecified atom stereocenters. The van der Waals surface area contributed by atoms with Gasteiger partial charge in [0.15, 0.2) is 17.3 Å². The van der Waals surface area contributed by atoms with Gasteiger partial charge >= 0.3 is 0 Å². The van der Waals surface area contributed by atoms with Crippen LogP contribution >= 0.6 is 11.8 Å². The van der Waals surface area contributed by atoms with Crippen LogP contribution in [0, 0.1) is 0 Å². The van der Waals surface area contributed by atoms with Gasteiger partial charge in [0.2, 0.25) is 5.16 Å². The van der Waals surface area contributed by atoms with Crippen LogP contribution in [0.25, 0.3) is 5.69 Å². The van der Waals surface area contributed by atoms with Crippen molar-refractivity contribution in [3.05, 3.63) is 48.0 Å². The van der Waals surface area contributed by atoms with E-state index in [4.69, 9.17) is 14.2 Å². The SMILES string of the molecule is CCOc1ccc(C(=O)CSc2nnnn2-c2ccc(OC)c(OC)c2)cc1. The molecule has 1 aromatic heterocycles. The molecular formula is C19H20N4O4S. The average Bonchev–Trinajstić information content (AvgIpc) is 3.21. The van der Waals surface area contributed by atoms with Crippen molar-refractivity contribution in [2.75, 3.05) is 26.6 Å². The van der Waals surface area contributed by atoms with Crippen molar-refractivity contribution in [2.45, 2.75) is 12.1 Å². The summed E-state index contributed by atoms with van der Waals surface area (Å²) in [4.78, 5) is 12.5. The Morgan fingerprint density at radius 1 is 1.07 bits per heavy atom. The second-order valence-corrected chi connectivity index (χ2v) is 6.52. The lowest BCUT2D eigenvalue weighted by molar-refractivity contribution is 0.102. The van der Waals surface area contributed by atoms with Gasteiger partial charge in [-0.1, -0.05) is 11.8 Å². The van der Waals surface area contributed by atoms with Gasteiger partial charge in [0.25, 0.3) is 0 Å². The zero-order valence-electron chi connectivity index (χ0n) is 15.8. The Bertz CT molecular complexity index is 943. The average molecular weight is 400 g/mol. The van der Waals surface area contributed by atoms with Crippen molar-refractivity contribution in [1.29, 1.82) is 0 Å². The molecule has 0 atom stereocenters. The van der Waals surface area contributed by atoms with E-state index in [1.165, 1.54) is 11.8 Å². The van der Waals surface area contributed by atoms with Crippen LogP contribution in [0.15, 0.2) is 47.6 Å². The summed E-state index contributed by atoms with van der Waals surface area (Å²) < 4.78 is 17.5. The van der Waals surface area contributed by atoms with E-state index in [0.29, 0.717) is 34.5 Å². The van der Waals surface area contributed by atoms with Crippen molar-refractivity contribution in [3.8, 4) is 22.9 Å². The smallest absolute Gasteiger partial charge is 0.214 e.